The van der Waals surface area contributed by atoms with E-state index >= 15 is 0 Å². The maximum absolute atomic E-state index is 13.1. The molecule has 0 amide bonds. The SMILES string of the molecule is CC(NCCc1cc(F)cc(F)c1)c1ccc(C#N)cc1. The van der Waals surface area contributed by atoms with Crippen molar-refractivity contribution in [3.8, 4) is 6.07 Å². The van der Waals surface area contributed by atoms with Crippen molar-refractivity contribution in [3.63, 3.8) is 0 Å². The van der Waals surface area contributed by atoms with Gasteiger partial charge in [-0.2, -0.15) is 5.26 Å². The van der Waals surface area contributed by atoms with Gasteiger partial charge in [-0.05, 0) is 55.3 Å². The zero-order valence-corrected chi connectivity index (χ0v) is 11.7. The maximum Gasteiger partial charge on any atom is 0.126 e. The highest BCUT2D eigenvalue weighted by atomic mass is 19.1. The first kappa shape index (κ1) is 15.1. The molecule has 0 aliphatic carbocycles. The van der Waals surface area contributed by atoms with Gasteiger partial charge in [-0.25, -0.2) is 8.78 Å². The molecule has 108 valence electrons. The number of halogens is 2. The van der Waals surface area contributed by atoms with Crippen LogP contribution in [0.2, 0.25) is 0 Å². The molecular weight excluding hydrogens is 270 g/mol. The minimum Gasteiger partial charge on any atom is -0.310 e. The van der Waals surface area contributed by atoms with Gasteiger partial charge in [0, 0.05) is 12.1 Å². The first-order valence-corrected chi connectivity index (χ1v) is 6.77. The Morgan fingerprint density at radius 1 is 1.10 bits per heavy atom. The van der Waals surface area contributed by atoms with Gasteiger partial charge in [-0.1, -0.05) is 12.1 Å². The summed E-state index contributed by atoms with van der Waals surface area (Å²) in [5, 5.41) is 12.0. The molecule has 0 heterocycles. The predicted octanol–water partition coefficient (Wildman–Crippen LogP) is 3.73. The van der Waals surface area contributed by atoms with Crippen LogP contribution in [0.1, 0.15) is 29.7 Å². The highest BCUT2D eigenvalue weighted by Crippen LogP contribution is 2.13. The van der Waals surface area contributed by atoms with E-state index in [4.69, 9.17) is 5.26 Å². The Hall–Kier alpha value is -2.25. The van der Waals surface area contributed by atoms with Gasteiger partial charge in [-0.15, -0.1) is 0 Å². The molecule has 2 rings (SSSR count). The molecule has 2 nitrogen and oxygen atoms in total. The quantitative estimate of drug-likeness (QED) is 0.909. The smallest absolute Gasteiger partial charge is 0.126 e. The summed E-state index contributed by atoms with van der Waals surface area (Å²) in [5.41, 5.74) is 2.33. The van der Waals surface area contributed by atoms with Crippen LogP contribution in [0.4, 0.5) is 8.78 Å². The van der Waals surface area contributed by atoms with Gasteiger partial charge < -0.3 is 5.32 Å². The Bertz CT molecular complexity index is 625. The summed E-state index contributed by atoms with van der Waals surface area (Å²) < 4.78 is 26.1. The Morgan fingerprint density at radius 3 is 2.29 bits per heavy atom. The second-order valence-electron chi connectivity index (χ2n) is 4.94. The number of benzene rings is 2. The lowest BCUT2D eigenvalue weighted by Crippen LogP contribution is -2.21. The average Bonchev–Trinajstić information content (AvgIpc) is 2.46. The highest BCUT2D eigenvalue weighted by Gasteiger charge is 2.05. The Balaban J connectivity index is 1.88. The monoisotopic (exact) mass is 286 g/mol. The maximum atomic E-state index is 13.1. The van der Waals surface area contributed by atoms with Gasteiger partial charge in [-0.3, -0.25) is 0 Å². The first-order chi connectivity index (χ1) is 10.1. The second-order valence-corrected chi connectivity index (χ2v) is 4.94. The normalized spacial score (nSPS) is 11.9. The number of hydrogen-bond acceptors (Lipinski definition) is 2. The van der Waals surface area contributed by atoms with Crippen molar-refractivity contribution < 1.29 is 8.78 Å². The van der Waals surface area contributed by atoms with Crippen LogP contribution in [0.3, 0.4) is 0 Å². The Morgan fingerprint density at radius 2 is 1.71 bits per heavy atom. The second kappa shape index (κ2) is 6.96. The molecule has 21 heavy (non-hydrogen) atoms. The van der Waals surface area contributed by atoms with Crippen LogP contribution in [0, 0.1) is 23.0 Å². The van der Waals surface area contributed by atoms with Crippen LogP contribution in [0.25, 0.3) is 0 Å². The number of rotatable bonds is 5. The van der Waals surface area contributed by atoms with E-state index in [1.54, 1.807) is 12.1 Å². The molecular formula is C17H16F2N2. The van der Waals surface area contributed by atoms with Crippen molar-refractivity contribution in [1.82, 2.24) is 5.32 Å². The standard InChI is InChI=1S/C17H16F2N2/c1-12(15-4-2-13(11-20)3-5-15)21-7-6-14-8-16(18)10-17(19)9-14/h2-5,8-10,12,21H,6-7H2,1H3. The van der Waals surface area contributed by atoms with E-state index in [2.05, 4.69) is 11.4 Å². The lowest BCUT2D eigenvalue weighted by molar-refractivity contribution is 0.563. The third kappa shape index (κ3) is 4.37. The van der Waals surface area contributed by atoms with Crippen LogP contribution in [0.5, 0.6) is 0 Å². The van der Waals surface area contributed by atoms with E-state index in [0.29, 0.717) is 24.1 Å². The molecule has 0 bridgehead atoms. The van der Waals surface area contributed by atoms with Gasteiger partial charge in [0.1, 0.15) is 11.6 Å². The van der Waals surface area contributed by atoms with Crippen LogP contribution < -0.4 is 5.32 Å². The summed E-state index contributed by atoms with van der Waals surface area (Å²) >= 11 is 0. The highest BCUT2D eigenvalue weighted by molar-refractivity contribution is 5.32. The molecule has 1 atom stereocenters. The van der Waals surface area contributed by atoms with E-state index in [1.165, 1.54) is 12.1 Å². The van der Waals surface area contributed by atoms with Crippen molar-refractivity contribution in [2.75, 3.05) is 6.54 Å². The zero-order valence-electron chi connectivity index (χ0n) is 11.7. The third-order valence-electron chi connectivity index (χ3n) is 3.33. The summed E-state index contributed by atoms with van der Waals surface area (Å²) in [5.74, 6) is -1.10. The third-order valence-corrected chi connectivity index (χ3v) is 3.33. The van der Waals surface area contributed by atoms with Gasteiger partial charge in [0.15, 0.2) is 0 Å². The summed E-state index contributed by atoms with van der Waals surface area (Å²) in [7, 11) is 0. The van der Waals surface area contributed by atoms with Crippen molar-refractivity contribution in [1.29, 1.82) is 5.26 Å². The molecule has 0 aromatic heterocycles. The van der Waals surface area contributed by atoms with Gasteiger partial charge >= 0.3 is 0 Å². The minimum atomic E-state index is -0.551. The largest absolute Gasteiger partial charge is 0.310 e. The van der Waals surface area contributed by atoms with Crippen LogP contribution in [-0.4, -0.2) is 6.54 Å². The fourth-order valence-corrected chi connectivity index (χ4v) is 2.15. The Labute approximate surface area is 123 Å². The van der Waals surface area contributed by atoms with E-state index in [9.17, 15) is 8.78 Å². The molecule has 0 spiro atoms. The number of nitrogens with zero attached hydrogens (tertiary/aromatic N) is 1. The molecule has 0 saturated heterocycles. The Kier molecular flexibility index (Phi) is 5.02. The number of nitriles is 1. The van der Waals surface area contributed by atoms with Gasteiger partial charge in [0.2, 0.25) is 0 Å². The molecule has 4 heteroatoms. The summed E-state index contributed by atoms with van der Waals surface area (Å²) in [6, 6.07) is 13.1. The lowest BCUT2D eigenvalue weighted by Gasteiger charge is -2.14. The molecule has 1 unspecified atom stereocenters. The van der Waals surface area contributed by atoms with Crippen molar-refractivity contribution in [2.45, 2.75) is 19.4 Å². The molecule has 1 N–H and O–H groups in total. The van der Waals surface area contributed by atoms with Crippen LogP contribution in [0.15, 0.2) is 42.5 Å². The van der Waals surface area contributed by atoms with E-state index in [-0.39, 0.29) is 6.04 Å². The molecule has 0 saturated carbocycles. The van der Waals surface area contributed by atoms with E-state index in [1.807, 2.05) is 19.1 Å². The van der Waals surface area contributed by atoms with Gasteiger partial charge in [0.05, 0.1) is 11.6 Å². The predicted molar refractivity (Wildman–Crippen MR) is 77.6 cm³/mol. The number of nitrogens with one attached hydrogen (secondary N) is 1. The summed E-state index contributed by atoms with van der Waals surface area (Å²) in [6.45, 7) is 2.62. The minimum absolute atomic E-state index is 0.108. The molecule has 0 radical (unpaired) electrons. The first-order valence-electron chi connectivity index (χ1n) is 6.77. The number of hydrogen-bond donors (Lipinski definition) is 1. The fraction of sp³-hybridized carbons (Fsp3) is 0.235. The molecule has 0 aliphatic rings. The van der Waals surface area contributed by atoms with E-state index < -0.39 is 11.6 Å². The molecule has 2 aromatic carbocycles. The average molecular weight is 286 g/mol. The van der Waals surface area contributed by atoms with E-state index in [0.717, 1.165) is 11.6 Å². The van der Waals surface area contributed by atoms with Crippen LogP contribution in [-0.2, 0) is 6.42 Å². The van der Waals surface area contributed by atoms with Crippen molar-refractivity contribution in [2.24, 2.45) is 0 Å². The molecule has 0 aliphatic heterocycles. The molecule has 0 fully saturated rings. The van der Waals surface area contributed by atoms with Crippen molar-refractivity contribution >= 4 is 0 Å². The fourth-order valence-electron chi connectivity index (χ4n) is 2.15. The van der Waals surface area contributed by atoms with Crippen LogP contribution >= 0.6 is 0 Å². The summed E-state index contributed by atoms with van der Waals surface area (Å²) in [4.78, 5) is 0. The topological polar surface area (TPSA) is 35.8 Å². The lowest BCUT2D eigenvalue weighted by atomic mass is 10.1. The molecule has 2 aromatic rings. The zero-order chi connectivity index (χ0) is 15.2. The van der Waals surface area contributed by atoms with Crippen molar-refractivity contribution in [3.05, 3.63) is 70.8 Å². The summed E-state index contributed by atoms with van der Waals surface area (Å²) in [6.07, 6.45) is 0.551. The van der Waals surface area contributed by atoms with Gasteiger partial charge in [0.25, 0.3) is 0 Å².